The number of carbonyl (C=O) groups excluding carboxylic acids is 3. The number of nitrogens with two attached hydrogens (primary N) is 1. The molecule has 3 amide bonds. The van der Waals surface area contributed by atoms with Gasteiger partial charge in [0.05, 0.1) is 19.1 Å². The summed E-state index contributed by atoms with van der Waals surface area (Å²) in [5, 5.41) is 33.4. The van der Waals surface area contributed by atoms with Crippen molar-refractivity contribution in [2.24, 2.45) is 11.7 Å². The summed E-state index contributed by atoms with van der Waals surface area (Å²) in [6.45, 7) is 4.03. The highest BCUT2D eigenvalue weighted by Crippen LogP contribution is 2.03. The Labute approximate surface area is 161 Å². The van der Waals surface area contributed by atoms with Gasteiger partial charge in [0.1, 0.15) is 18.1 Å². The smallest absolute Gasteiger partial charge is 0.325 e. The van der Waals surface area contributed by atoms with E-state index in [0.29, 0.717) is 6.42 Å². The monoisotopic (exact) mass is 404 g/mol. The molecule has 0 spiro atoms. The molecule has 0 saturated heterocycles. The van der Waals surface area contributed by atoms with Crippen LogP contribution in [-0.4, -0.2) is 75.8 Å². The van der Waals surface area contributed by atoms with Gasteiger partial charge < -0.3 is 37.0 Å². The Morgan fingerprint density at radius 3 is 1.79 bits per heavy atom. The summed E-state index contributed by atoms with van der Waals surface area (Å²) in [6, 6.07) is -5.31. The lowest BCUT2D eigenvalue weighted by molar-refractivity contribution is -0.143. The van der Waals surface area contributed by atoms with Gasteiger partial charge in [0, 0.05) is 0 Å². The molecule has 0 aliphatic carbocycles. The van der Waals surface area contributed by atoms with E-state index >= 15 is 0 Å². The Morgan fingerprint density at radius 2 is 1.36 bits per heavy atom. The van der Waals surface area contributed by atoms with Gasteiger partial charge in [0.15, 0.2) is 0 Å². The van der Waals surface area contributed by atoms with Crippen LogP contribution in [-0.2, 0) is 24.0 Å². The van der Waals surface area contributed by atoms with Crippen molar-refractivity contribution in [3.63, 3.8) is 0 Å². The van der Waals surface area contributed by atoms with Crippen LogP contribution in [0, 0.1) is 5.92 Å². The second-order valence-electron chi connectivity index (χ2n) is 6.71. The van der Waals surface area contributed by atoms with Crippen LogP contribution in [0.2, 0.25) is 0 Å². The molecular weight excluding hydrogens is 376 g/mol. The minimum atomic E-state index is -1.61. The van der Waals surface area contributed by atoms with Gasteiger partial charge in [-0.25, -0.2) is 0 Å². The van der Waals surface area contributed by atoms with E-state index < -0.39 is 66.9 Å². The van der Waals surface area contributed by atoms with Crippen LogP contribution < -0.4 is 21.7 Å². The van der Waals surface area contributed by atoms with Crippen molar-refractivity contribution in [3.05, 3.63) is 0 Å². The molecule has 0 aliphatic rings. The number of aliphatic hydroxyl groups excluding tert-OH is 1. The quantitative estimate of drug-likeness (QED) is 0.181. The van der Waals surface area contributed by atoms with Gasteiger partial charge in [-0.1, -0.05) is 13.8 Å². The first kappa shape index (κ1) is 25.3. The normalized spacial score (nSPS) is 15.1. The lowest BCUT2D eigenvalue weighted by atomic mass is 10.0. The van der Waals surface area contributed by atoms with Crippen LogP contribution in [0.4, 0.5) is 0 Å². The highest BCUT2D eigenvalue weighted by Gasteiger charge is 2.30. The number of aliphatic carboxylic acids is 2. The Bertz CT molecular complexity index is 595. The van der Waals surface area contributed by atoms with Crippen molar-refractivity contribution in [2.45, 2.75) is 57.8 Å². The van der Waals surface area contributed by atoms with Gasteiger partial charge in [0.2, 0.25) is 17.7 Å². The van der Waals surface area contributed by atoms with E-state index in [2.05, 4.69) is 10.6 Å². The van der Waals surface area contributed by atoms with Crippen molar-refractivity contribution < 1.29 is 39.3 Å². The fourth-order valence-corrected chi connectivity index (χ4v) is 2.12. The van der Waals surface area contributed by atoms with Crippen LogP contribution in [0.3, 0.4) is 0 Å². The van der Waals surface area contributed by atoms with E-state index in [1.165, 1.54) is 0 Å². The standard InChI is InChI=1S/C16H28N4O8/c1-7(2)4-9(17)13(24)20-11(6-21)15(26)19-10(5-12(22)23)14(25)18-8(3)16(27)28/h7-11,21H,4-6,17H2,1-3H3,(H,18,25)(H,19,26)(H,20,24)(H,22,23)(H,27,28). The number of hydrogen-bond acceptors (Lipinski definition) is 7. The number of amides is 3. The zero-order valence-electron chi connectivity index (χ0n) is 16.0. The molecule has 160 valence electrons. The molecule has 0 rings (SSSR count). The number of aliphatic hydroxyl groups is 1. The van der Waals surface area contributed by atoms with Crippen LogP contribution in [0.5, 0.6) is 0 Å². The summed E-state index contributed by atoms with van der Waals surface area (Å²) in [6.07, 6.45) is -0.494. The molecule has 8 N–H and O–H groups in total. The summed E-state index contributed by atoms with van der Waals surface area (Å²) in [4.78, 5) is 58.1. The number of carbonyl (C=O) groups is 5. The van der Waals surface area contributed by atoms with Crippen LogP contribution in [0.15, 0.2) is 0 Å². The summed E-state index contributed by atoms with van der Waals surface area (Å²) < 4.78 is 0. The van der Waals surface area contributed by atoms with Crippen molar-refractivity contribution >= 4 is 29.7 Å². The minimum absolute atomic E-state index is 0.113. The Hall–Kier alpha value is -2.73. The fraction of sp³-hybridized carbons (Fsp3) is 0.688. The van der Waals surface area contributed by atoms with Crippen LogP contribution in [0.25, 0.3) is 0 Å². The second-order valence-corrected chi connectivity index (χ2v) is 6.71. The zero-order valence-corrected chi connectivity index (χ0v) is 16.0. The molecule has 28 heavy (non-hydrogen) atoms. The third-order valence-electron chi connectivity index (χ3n) is 3.62. The molecule has 0 fully saturated rings. The maximum atomic E-state index is 12.3. The number of carboxylic acid groups (broad SMARTS) is 2. The number of carboxylic acids is 2. The summed E-state index contributed by atoms with van der Waals surface area (Å²) in [5.74, 6) is -5.41. The lowest BCUT2D eigenvalue weighted by Gasteiger charge is -2.23. The molecule has 4 unspecified atom stereocenters. The van der Waals surface area contributed by atoms with E-state index in [1.54, 1.807) is 0 Å². The Kier molecular flexibility index (Phi) is 10.7. The lowest BCUT2D eigenvalue weighted by Crippen LogP contribution is -2.58. The minimum Gasteiger partial charge on any atom is -0.481 e. The van der Waals surface area contributed by atoms with E-state index in [4.69, 9.17) is 15.9 Å². The van der Waals surface area contributed by atoms with Crippen molar-refractivity contribution in [2.75, 3.05) is 6.61 Å². The fourth-order valence-electron chi connectivity index (χ4n) is 2.12. The van der Waals surface area contributed by atoms with E-state index in [1.807, 2.05) is 19.2 Å². The van der Waals surface area contributed by atoms with Gasteiger partial charge in [0.25, 0.3) is 0 Å². The van der Waals surface area contributed by atoms with Gasteiger partial charge in [-0.3, -0.25) is 24.0 Å². The molecule has 0 aromatic heterocycles. The molecule has 0 heterocycles. The van der Waals surface area contributed by atoms with Gasteiger partial charge in [-0.2, -0.15) is 0 Å². The largest absolute Gasteiger partial charge is 0.481 e. The van der Waals surface area contributed by atoms with Crippen LogP contribution in [0.1, 0.15) is 33.6 Å². The molecule has 0 aliphatic heterocycles. The molecule has 0 aromatic carbocycles. The molecule has 12 heteroatoms. The first-order valence-electron chi connectivity index (χ1n) is 8.61. The highest BCUT2D eigenvalue weighted by molar-refractivity contribution is 5.95. The molecular formula is C16H28N4O8. The first-order chi connectivity index (χ1) is 12.9. The van der Waals surface area contributed by atoms with Crippen molar-refractivity contribution in [3.8, 4) is 0 Å². The number of rotatable bonds is 12. The maximum Gasteiger partial charge on any atom is 0.325 e. The third-order valence-corrected chi connectivity index (χ3v) is 3.62. The highest BCUT2D eigenvalue weighted by atomic mass is 16.4. The molecule has 0 aromatic rings. The van der Waals surface area contributed by atoms with E-state index in [9.17, 15) is 29.1 Å². The average molecular weight is 404 g/mol. The van der Waals surface area contributed by atoms with Gasteiger partial charge >= 0.3 is 11.9 Å². The topological polar surface area (TPSA) is 208 Å². The van der Waals surface area contributed by atoms with Crippen LogP contribution >= 0.6 is 0 Å². The zero-order chi connectivity index (χ0) is 22.0. The number of hydrogen-bond donors (Lipinski definition) is 7. The van der Waals surface area contributed by atoms with E-state index in [0.717, 1.165) is 6.92 Å². The molecule has 12 nitrogen and oxygen atoms in total. The second kappa shape index (κ2) is 11.9. The molecule has 0 bridgehead atoms. The van der Waals surface area contributed by atoms with Crippen molar-refractivity contribution in [1.29, 1.82) is 0 Å². The molecule has 4 atom stereocenters. The number of nitrogens with one attached hydrogen (secondary N) is 3. The Morgan fingerprint density at radius 1 is 0.857 bits per heavy atom. The summed E-state index contributed by atoms with van der Waals surface area (Å²) in [5.41, 5.74) is 5.70. The van der Waals surface area contributed by atoms with Gasteiger partial charge in [-0.05, 0) is 19.3 Å². The summed E-state index contributed by atoms with van der Waals surface area (Å²) in [7, 11) is 0. The molecule has 0 radical (unpaired) electrons. The Balaban J connectivity index is 5.10. The van der Waals surface area contributed by atoms with Crippen molar-refractivity contribution in [1.82, 2.24) is 16.0 Å². The summed E-state index contributed by atoms with van der Waals surface area (Å²) >= 11 is 0. The maximum absolute atomic E-state index is 12.3. The average Bonchev–Trinajstić information content (AvgIpc) is 2.57. The van der Waals surface area contributed by atoms with E-state index in [-0.39, 0.29) is 5.92 Å². The predicted octanol–water partition coefficient (Wildman–Crippen LogP) is -2.61. The SMILES string of the molecule is CC(C)CC(N)C(=O)NC(CO)C(=O)NC(CC(=O)O)C(=O)NC(C)C(=O)O. The predicted molar refractivity (Wildman–Crippen MR) is 95.9 cm³/mol. The first-order valence-corrected chi connectivity index (χ1v) is 8.61. The molecule has 0 saturated carbocycles. The van der Waals surface area contributed by atoms with Gasteiger partial charge in [-0.15, -0.1) is 0 Å². The third kappa shape index (κ3) is 9.28.